The molecule has 0 aliphatic carbocycles. The molecule has 0 saturated heterocycles. The number of hydrogen-bond acceptors (Lipinski definition) is 1. The van der Waals surface area contributed by atoms with Crippen molar-refractivity contribution in [3.05, 3.63) is 28.2 Å². The lowest BCUT2D eigenvalue weighted by molar-refractivity contribution is 1.42. The van der Waals surface area contributed by atoms with Crippen LogP contribution >= 0.6 is 48.8 Å². The third-order valence-corrected chi connectivity index (χ3v) is 2.35. The lowest BCUT2D eigenvalue weighted by Crippen LogP contribution is -1.90. The van der Waals surface area contributed by atoms with Crippen molar-refractivity contribution < 1.29 is 0 Å². The molecule has 0 fully saturated rings. The van der Waals surface area contributed by atoms with Crippen LogP contribution in [0, 0.1) is 0 Å². The van der Waals surface area contributed by atoms with Crippen molar-refractivity contribution in [2.24, 2.45) is 0 Å². The second-order valence-corrected chi connectivity index (χ2v) is 3.45. The van der Waals surface area contributed by atoms with Crippen molar-refractivity contribution >= 4 is 54.5 Å². The van der Waals surface area contributed by atoms with Gasteiger partial charge >= 0.3 is 0 Å². The molecule has 11 heavy (non-hydrogen) atoms. The molecule has 0 bridgehead atoms. The summed E-state index contributed by atoms with van der Waals surface area (Å²) in [6, 6.07) is 5.83. The van der Waals surface area contributed by atoms with Crippen LogP contribution in [-0.4, -0.2) is 0 Å². The number of hydrogen-bond donors (Lipinski definition) is 1. The predicted octanol–water partition coefficient (Wildman–Crippen LogP) is 3.50. The van der Waals surface area contributed by atoms with E-state index in [1.54, 1.807) is 0 Å². The van der Waals surface area contributed by atoms with Gasteiger partial charge in [-0.25, -0.2) is 0 Å². The number of halogens is 3. The maximum Gasteiger partial charge on any atom is 0.0355 e. The second-order valence-electron chi connectivity index (χ2n) is 1.98. The standard InChI is InChI=1S/C7H7Br2N.BrH/c8-4-5-3-6(9)1-2-7(5)10;/h1-3H,4,10H2;1H. The summed E-state index contributed by atoms with van der Waals surface area (Å²) >= 11 is 6.70. The van der Waals surface area contributed by atoms with Gasteiger partial charge in [0, 0.05) is 15.5 Å². The van der Waals surface area contributed by atoms with Gasteiger partial charge in [-0.1, -0.05) is 31.9 Å². The summed E-state index contributed by atoms with van der Waals surface area (Å²) < 4.78 is 1.07. The minimum absolute atomic E-state index is 0. The zero-order chi connectivity index (χ0) is 7.56. The average molecular weight is 346 g/mol. The third-order valence-electron chi connectivity index (χ3n) is 1.25. The molecule has 1 rings (SSSR count). The highest BCUT2D eigenvalue weighted by atomic mass is 79.9. The van der Waals surface area contributed by atoms with E-state index in [-0.39, 0.29) is 17.0 Å². The van der Waals surface area contributed by atoms with Crippen LogP contribution in [0.2, 0.25) is 0 Å². The Bertz CT molecular complexity index is 237. The molecule has 0 aromatic heterocycles. The number of nitrogen functional groups attached to an aromatic ring is 1. The number of benzene rings is 1. The Balaban J connectivity index is 0.000001000. The first kappa shape index (κ1) is 11.5. The molecule has 1 nitrogen and oxygen atoms in total. The van der Waals surface area contributed by atoms with Crippen LogP contribution in [0.1, 0.15) is 5.56 Å². The highest BCUT2D eigenvalue weighted by Gasteiger charge is 1.96. The lowest BCUT2D eigenvalue weighted by atomic mass is 10.2. The van der Waals surface area contributed by atoms with Crippen LogP contribution < -0.4 is 5.73 Å². The number of anilines is 1. The molecule has 0 amide bonds. The minimum atomic E-state index is 0. The van der Waals surface area contributed by atoms with Crippen molar-refractivity contribution in [3.8, 4) is 0 Å². The Kier molecular flexibility index (Phi) is 5.38. The SMILES string of the molecule is Br.Nc1ccc(Br)cc1CBr. The van der Waals surface area contributed by atoms with Gasteiger partial charge in [0.05, 0.1) is 0 Å². The fraction of sp³-hybridized carbons (Fsp3) is 0.143. The zero-order valence-electron chi connectivity index (χ0n) is 5.68. The van der Waals surface area contributed by atoms with Crippen LogP contribution in [-0.2, 0) is 5.33 Å². The molecule has 1 aromatic carbocycles. The molecule has 0 atom stereocenters. The second kappa shape index (κ2) is 5.17. The molecule has 4 heteroatoms. The van der Waals surface area contributed by atoms with Crippen LogP contribution in [0.5, 0.6) is 0 Å². The van der Waals surface area contributed by atoms with E-state index in [9.17, 15) is 0 Å². The molecule has 0 aliphatic rings. The van der Waals surface area contributed by atoms with Crippen molar-refractivity contribution in [1.82, 2.24) is 0 Å². The van der Waals surface area contributed by atoms with E-state index >= 15 is 0 Å². The minimum Gasteiger partial charge on any atom is -0.398 e. The molecule has 2 N–H and O–H groups in total. The van der Waals surface area contributed by atoms with Gasteiger partial charge in [-0.2, -0.15) is 0 Å². The van der Waals surface area contributed by atoms with E-state index in [0.29, 0.717) is 0 Å². The molecule has 0 aliphatic heterocycles. The first-order valence-corrected chi connectivity index (χ1v) is 4.75. The van der Waals surface area contributed by atoms with Gasteiger partial charge in [0.1, 0.15) is 0 Å². The Hall–Kier alpha value is 0.460. The van der Waals surface area contributed by atoms with E-state index in [0.717, 1.165) is 21.1 Å². The van der Waals surface area contributed by atoms with Gasteiger partial charge in [-0.3, -0.25) is 0 Å². The van der Waals surface area contributed by atoms with E-state index in [4.69, 9.17) is 5.73 Å². The quantitative estimate of drug-likeness (QED) is 0.612. The van der Waals surface area contributed by atoms with Gasteiger partial charge in [-0.15, -0.1) is 17.0 Å². The Labute approximate surface area is 93.4 Å². The molecular formula is C7H8Br3N. The lowest BCUT2D eigenvalue weighted by Gasteiger charge is -2.00. The van der Waals surface area contributed by atoms with Crippen LogP contribution in [0.15, 0.2) is 22.7 Å². The van der Waals surface area contributed by atoms with Crippen molar-refractivity contribution in [2.45, 2.75) is 5.33 Å². The van der Waals surface area contributed by atoms with Gasteiger partial charge < -0.3 is 5.73 Å². The van der Waals surface area contributed by atoms with Crippen LogP contribution in [0.25, 0.3) is 0 Å². The Morgan fingerprint density at radius 3 is 2.45 bits per heavy atom. The van der Waals surface area contributed by atoms with Crippen LogP contribution in [0.4, 0.5) is 5.69 Å². The van der Waals surface area contributed by atoms with E-state index in [1.165, 1.54) is 0 Å². The first-order chi connectivity index (χ1) is 4.74. The highest BCUT2D eigenvalue weighted by Crippen LogP contribution is 2.20. The van der Waals surface area contributed by atoms with Crippen molar-refractivity contribution in [3.63, 3.8) is 0 Å². The first-order valence-electron chi connectivity index (χ1n) is 2.84. The zero-order valence-corrected chi connectivity index (χ0v) is 10.6. The molecule has 0 heterocycles. The van der Waals surface area contributed by atoms with Gasteiger partial charge in [-0.05, 0) is 23.8 Å². The molecule has 62 valence electrons. The maximum absolute atomic E-state index is 5.65. The maximum atomic E-state index is 5.65. The van der Waals surface area contributed by atoms with Crippen molar-refractivity contribution in [2.75, 3.05) is 5.73 Å². The van der Waals surface area contributed by atoms with Gasteiger partial charge in [0.25, 0.3) is 0 Å². The fourth-order valence-corrected chi connectivity index (χ4v) is 1.58. The fourth-order valence-electron chi connectivity index (χ4n) is 0.690. The highest BCUT2D eigenvalue weighted by molar-refractivity contribution is 9.10. The molecule has 0 spiro atoms. The monoisotopic (exact) mass is 343 g/mol. The number of alkyl halides is 1. The average Bonchev–Trinajstić information content (AvgIpc) is 1.94. The summed E-state index contributed by atoms with van der Waals surface area (Å²) in [4.78, 5) is 0. The normalized spacial score (nSPS) is 8.91. The topological polar surface area (TPSA) is 26.0 Å². The van der Waals surface area contributed by atoms with Crippen LogP contribution in [0.3, 0.4) is 0 Å². The molecular weight excluding hydrogens is 338 g/mol. The Morgan fingerprint density at radius 1 is 1.36 bits per heavy atom. The Morgan fingerprint density at radius 2 is 2.00 bits per heavy atom. The largest absolute Gasteiger partial charge is 0.398 e. The van der Waals surface area contributed by atoms with Gasteiger partial charge in [0.15, 0.2) is 0 Å². The molecule has 0 saturated carbocycles. The summed E-state index contributed by atoms with van der Waals surface area (Å²) in [5.41, 5.74) is 7.60. The van der Waals surface area contributed by atoms with Gasteiger partial charge in [0.2, 0.25) is 0 Å². The summed E-state index contributed by atoms with van der Waals surface area (Å²) in [7, 11) is 0. The number of rotatable bonds is 1. The number of nitrogens with two attached hydrogens (primary N) is 1. The molecule has 0 radical (unpaired) electrons. The van der Waals surface area contributed by atoms with E-state index in [1.807, 2.05) is 18.2 Å². The smallest absolute Gasteiger partial charge is 0.0355 e. The summed E-state index contributed by atoms with van der Waals surface area (Å²) in [6.07, 6.45) is 0. The van der Waals surface area contributed by atoms with E-state index < -0.39 is 0 Å². The molecule has 1 aromatic rings. The molecule has 0 unspecified atom stereocenters. The predicted molar refractivity (Wildman–Crippen MR) is 61.5 cm³/mol. The van der Waals surface area contributed by atoms with E-state index in [2.05, 4.69) is 31.9 Å². The summed E-state index contributed by atoms with van der Waals surface area (Å²) in [6.45, 7) is 0. The summed E-state index contributed by atoms with van der Waals surface area (Å²) in [5, 5.41) is 0.804. The van der Waals surface area contributed by atoms with Crippen molar-refractivity contribution in [1.29, 1.82) is 0 Å². The third kappa shape index (κ3) is 3.13. The summed E-state index contributed by atoms with van der Waals surface area (Å²) in [5.74, 6) is 0.